The highest BCUT2D eigenvalue weighted by atomic mass is 16.2. The summed E-state index contributed by atoms with van der Waals surface area (Å²) < 4.78 is 0. The smallest absolute Gasteiger partial charge is 0.323 e. The third kappa shape index (κ3) is 7.94. The van der Waals surface area contributed by atoms with E-state index in [1.54, 1.807) is 42.5 Å². The van der Waals surface area contributed by atoms with Crippen LogP contribution in [0.15, 0.2) is 106 Å². The number of rotatable bonds is 9. The number of amides is 4. The molecule has 0 fully saturated rings. The number of aliphatic imine (C=N–C) groups is 3. The Morgan fingerprint density at radius 3 is 1.33 bits per heavy atom. The molecule has 0 radical (unpaired) electrons. The summed E-state index contributed by atoms with van der Waals surface area (Å²) in [5, 5.41) is 21.4. The van der Waals surface area contributed by atoms with Crippen molar-refractivity contribution < 1.29 is 14.4 Å². The second kappa shape index (κ2) is 14.8. The maximum absolute atomic E-state index is 13.6. The molecule has 0 saturated carbocycles. The maximum Gasteiger partial charge on any atom is 0.323 e. The van der Waals surface area contributed by atoms with Gasteiger partial charge in [0.15, 0.2) is 0 Å². The SMILES string of the molecule is C[C@H]1CN=C(c2ccc(NC(=O)Nc3cc(C(=O)Nc4ccc(C5=NC[C@H](C)N5)cc4)ccc3C(=O)Nc3ccc(C4=NC[C@H](C)N4)cc3)cc2)N1. The molecule has 0 spiro atoms. The van der Waals surface area contributed by atoms with Crippen molar-refractivity contribution in [2.45, 2.75) is 38.9 Å². The van der Waals surface area contributed by atoms with Crippen LogP contribution in [0.4, 0.5) is 27.5 Å². The second-order valence-electron chi connectivity index (χ2n) is 13.2. The minimum atomic E-state index is -0.582. The first kappa shape index (κ1) is 34.0. The van der Waals surface area contributed by atoms with Crippen LogP contribution in [0.5, 0.6) is 0 Å². The van der Waals surface area contributed by atoms with E-state index in [0.717, 1.165) is 40.7 Å². The summed E-state index contributed by atoms with van der Waals surface area (Å²) in [4.78, 5) is 53.9. The molecule has 7 N–H and O–H groups in total. The van der Waals surface area contributed by atoms with E-state index in [0.29, 0.717) is 30.2 Å². The number of carbonyl (C=O) groups excluding carboxylic acids is 3. The Kier molecular flexibility index (Phi) is 9.65. The van der Waals surface area contributed by atoms with Gasteiger partial charge in [-0.15, -0.1) is 0 Å². The van der Waals surface area contributed by atoms with Crippen LogP contribution < -0.4 is 37.2 Å². The monoisotopic (exact) mass is 696 g/mol. The number of anilines is 4. The van der Waals surface area contributed by atoms with Crippen molar-refractivity contribution in [1.29, 1.82) is 0 Å². The normalized spacial score (nSPS) is 18.9. The predicted molar refractivity (Wildman–Crippen MR) is 206 cm³/mol. The van der Waals surface area contributed by atoms with Crippen LogP contribution >= 0.6 is 0 Å². The number of benzene rings is 4. The maximum atomic E-state index is 13.6. The van der Waals surface area contributed by atoms with Gasteiger partial charge in [-0.1, -0.05) is 0 Å². The average Bonchev–Trinajstić information content (AvgIpc) is 3.90. The molecule has 52 heavy (non-hydrogen) atoms. The van der Waals surface area contributed by atoms with Crippen LogP contribution in [0, 0.1) is 0 Å². The molecule has 0 saturated heterocycles. The molecule has 4 amide bonds. The van der Waals surface area contributed by atoms with Crippen molar-refractivity contribution in [2.75, 3.05) is 40.9 Å². The largest absolute Gasteiger partial charge is 0.366 e. The molecular formula is C39H40N10O3. The molecule has 3 aliphatic rings. The Morgan fingerprint density at radius 1 is 0.519 bits per heavy atom. The predicted octanol–water partition coefficient (Wildman–Crippen LogP) is 5.05. The molecule has 3 atom stereocenters. The van der Waals surface area contributed by atoms with Crippen molar-refractivity contribution in [3.63, 3.8) is 0 Å². The number of carbonyl (C=O) groups is 3. The fourth-order valence-electron chi connectivity index (χ4n) is 5.99. The number of nitrogens with one attached hydrogen (secondary N) is 7. The lowest BCUT2D eigenvalue weighted by Gasteiger charge is -2.15. The van der Waals surface area contributed by atoms with E-state index >= 15 is 0 Å². The van der Waals surface area contributed by atoms with Gasteiger partial charge in [0.05, 0.1) is 30.9 Å². The van der Waals surface area contributed by atoms with Crippen molar-refractivity contribution in [3.05, 3.63) is 119 Å². The standard InChI is InChI=1S/C39H40N10O3/c1-22-19-40-34(43-22)25-4-11-29(12-5-25)46-37(50)28-10-17-32(38(51)47-30-13-6-26(7-14-30)35-41-20-23(2)44-35)33(18-28)49-39(52)48-31-15-8-27(9-16-31)36-42-21-24(3)45-36/h4-18,22-24H,19-21H2,1-3H3,(H,40,43)(H,41,44)(H,42,45)(H,46,50)(H,47,51)(H2,48,49,52)/t22-,23-,24-/m0/s1. The highest BCUT2D eigenvalue weighted by Crippen LogP contribution is 2.23. The summed E-state index contributed by atoms with van der Waals surface area (Å²) in [7, 11) is 0. The number of hydrogen-bond donors (Lipinski definition) is 7. The van der Waals surface area contributed by atoms with Gasteiger partial charge in [0, 0.05) is 57.4 Å². The molecule has 0 unspecified atom stereocenters. The lowest BCUT2D eigenvalue weighted by Crippen LogP contribution is -2.27. The lowest BCUT2D eigenvalue weighted by atomic mass is 10.1. The summed E-state index contributed by atoms with van der Waals surface area (Å²) in [5.41, 5.74) is 5.02. The van der Waals surface area contributed by atoms with E-state index in [-0.39, 0.29) is 34.9 Å². The van der Waals surface area contributed by atoms with Gasteiger partial charge < -0.3 is 37.2 Å². The van der Waals surface area contributed by atoms with Crippen LogP contribution in [0.1, 0.15) is 58.2 Å². The minimum Gasteiger partial charge on any atom is -0.366 e. The molecule has 13 heteroatoms. The van der Waals surface area contributed by atoms with Gasteiger partial charge in [-0.2, -0.15) is 0 Å². The van der Waals surface area contributed by atoms with E-state index < -0.39 is 17.8 Å². The van der Waals surface area contributed by atoms with Crippen molar-refractivity contribution >= 4 is 58.1 Å². The van der Waals surface area contributed by atoms with E-state index in [2.05, 4.69) is 73.0 Å². The van der Waals surface area contributed by atoms with Crippen molar-refractivity contribution in [1.82, 2.24) is 16.0 Å². The Bertz CT molecular complexity index is 2090. The second-order valence-corrected chi connectivity index (χ2v) is 13.2. The Balaban J connectivity index is 1.08. The molecule has 264 valence electrons. The van der Waals surface area contributed by atoms with E-state index in [1.807, 2.05) is 36.4 Å². The van der Waals surface area contributed by atoms with Gasteiger partial charge >= 0.3 is 6.03 Å². The Labute approximate surface area is 301 Å². The molecular weight excluding hydrogens is 656 g/mol. The van der Waals surface area contributed by atoms with Gasteiger partial charge in [-0.25, -0.2) is 4.79 Å². The van der Waals surface area contributed by atoms with Gasteiger partial charge in [0.1, 0.15) is 17.5 Å². The Hall–Kier alpha value is -6.50. The third-order valence-corrected chi connectivity index (χ3v) is 8.74. The molecule has 0 bridgehead atoms. The quantitative estimate of drug-likeness (QED) is 0.129. The number of amidine groups is 3. The van der Waals surface area contributed by atoms with Gasteiger partial charge in [-0.05, 0) is 112 Å². The van der Waals surface area contributed by atoms with Gasteiger partial charge in [0.25, 0.3) is 11.8 Å². The molecule has 3 aliphatic heterocycles. The summed E-state index contributed by atoms with van der Waals surface area (Å²) in [5.74, 6) is 1.58. The summed E-state index contributed by atoms with van der Waals surface area (Å²) >= 11 is 0. The molecule has 0 aromatic heterocycles. The van der Waals surface area contributed by atoms with Crippen molar-refractivity contribution in [2.24, 2.45) is 15.0 Å². The average molecular weight is 697 g/mol. The van der Waals surface area contributed by atoms with Crippen molar-refractivity contribution in [3.8, 4) is 0 Å². The fraction of sp³-hybridized carbons (Fsp3) is 0.231. The highest BCUT2D eigenvalue weighted by molar-refractivity contribution is 6.14. The van der Waals surface area contributed by atoms with Crippen LogP contribution in [0.25, 0.3) is 0 Å². The van der Waals surface area contributed by atoms with E-state index in [1.165, 1.54) is 12.1 Å². The van der Waals surface area contributed by atoms with Crippen LogP contribution in [0.2, 0.25) is 0 Å². The van der Waals surface area contributed by atoms with Crippen LogP contribution in [-0.2, 0) is 0 Å². The number of hydrogen-bond acceptors (Lipinski definition) is 9. The first-order chi connectivity index (χ1) is 25.2. The van der Waals surface area contributed by atoms with E-state index in [4.69, 9.17) is 0 Å². The summed E-state index contributed by atoms with van der Waals surface area (Å²) in [6, 6.07) is 26.8. The first-order valence-electron chi connectivity index (χ1n) is 17.3. The lowest BCUT2D eigenvalue weighted by molar-refractivity contribution is 0.101. The molecule has 13 nitrogen and oxygen atoms in total. The van der Waals surface area contributed by atoms with Gasteiger partial charge in [0.2, 0.25) is 0 Å². The molecule has 0 aliphatic carbocycles. The van der Waals surface area contributed by atoms with E-state index in [9.17, 15) is 14.4 Å². The third-order valence-electron chi connectivity index (χ3n) is 8.74. The summed E-state index contributed by atoms with van der Waals surface area (Å²) in [6.45, 7) is 8.33. The summed E-state index contributed by atoms with van der Waals surface area (Å²) in [6.07, 6.45) is 0. The molecule has 4 aromatic carbocycles. The number of urea groups is 1. The van der Waals surface area contributed by atoms with Crippen LogP contribution in [-0.4, -0.2) is 73.1 Å². The molecule has 4 aromatic rings. The first-order valence-corrected chi connectivity index (χ1v) is 17.3. The topological polar surface area (TPSA) is 172 Å². The molecule has 3 heterocycles. The van der Waals surface area contributed by atoms with Crippen LogP contribution in [0.3, 0.4) is 0 Å². The molecule has 7 rings (SSSR count). The minimum absolute atomic E-state index is 0.155. The fourth-order valence-corrected chi connectivity index (χ4v) is 5.99. The zero-order chi connectivity index (χ0) is 36.2. The van der Waals surface area contributed by atoms with Gasteiger partial charge in [-0.3, -0.25) is 24.6 Å². The highest BCUT2D eigenvalue weighted by Gasteiger charge is 2.20. The zero-order valence-corrected chi connectivity index (χ0v) is 29.1. The zero-order valence-electron chi connectivity index (χ0n) is 29.1. The Morgan fingerprint density at radius 2 is 0.923 bits per heavy atom. The number of nitrogens with zero attached hydrogens (tertiary/aromatic N) is 3.